The van der Waals surface area contributed by atoms with E-state index >= 15 is 0 Å². The third-order valence-electron chi connectivity index (χ3n) is 12.7. The maximum absolute atomic E-state index is 12.5. The Balaban J connectivity index is 3.46. The number of hydrogen-bond acceptors (Lipinski definition) is 4. The van der Waals surface area contributed by atoms with E-state index in [2.05, 4.69) is 19.2 Å². The third-order valence-corrected chi connectivity index (χ3v) is 12.7. The second kappa shape index (κ2) is 48.0. The van der Waals surface area contributed by atoms with Crippen molar-refractivity contribution in [3.05, 3.63) is 0 Å². The summed E-state index contributed by atoms with van der Waals surface area (Å²) in [7, 11) is 0. The van der Waals surface area contributed by atoms with Gasteiger partial charge in [0.05, 0.1) is 18.8 Å². The summed E-state index contributed by atoms with van der Waals surface area (Å²) in [5, 5.41) is 33.6. The molecule has 0 saturated carbocycles. The number of unbranched alkanes of at least 4 members (excludes halogenated alkanes) is 41. The van der Waals surface area contributed by atoms with Crippen LogP contribution >= 0.6 is 0 Å². The lowest BCUT2D eigenvalue weighted by Crippen LogP contribution is -2.50. The number of rotatable bonds is 49. The van der Waals surface area contributed by atoms with Crippen LogP contribution in [0.2, 0.25) is 0 Å². The van der Waals surface area contributed by atoms with Gasteiger partial charge in [0.25, 0.3) is 0 Å². The molecule has 0 aliphatic rings. The monoisotopic (exact) mass is 808 g/mol. The third kappa shape index (κ3) is 43.3. The first-order chi connectivity index (χ1) is 28.1. The van der Waals surface area contributed by atoms with Gasteiger partial charge in [-0.1, -0.05) is 284 Å². The SMILES string of the molecule is CCCCCCCCCCCCCCCCCCCCCCCCCCCCCCCC(=O)NC(CO)C(O)C(O)CCCCCCCCCCCCCCCC. The fraction of sp³-hybridized carbons (Fsp3) is 0.981. The minimum atomic E-state index is -1.13. The fourth-order valence-electron chi connectivity index (χ4n) is 8.64. The van der Waals surface area contributed by atoms with Gasteiger partial charge in [-0.2, -0.15) is 0 Å². The molecule has 0 aromatic heterocycles. The number of hydrogen-bond donors (Lipinski definition) is 4. The second-order valence-corrected chi connectivity index (χ2v) is 18.4. The summed E-state index contributed by atoms with van der Waals surface area (Å²) in [5.41, 5.74) is 0. The predicted molar refractivity (Wildman–Crippen MR) is 250 cm³/mol. The van der Waals surface area contributed by atoms with Gasteiger partial charge < -0.3 is 20.6 Å². The highest BCUT2D eigenvalue weighted by molar-refractivity contribution is 5.76. The fourth-order valence-corrected chi connectivity index (χ4v) is 8.64. The van der Waals surface area contributed by atoms with Crippen molar-refractivity contribution in [3.63, 3.8) is 0 Å². The summed E-state index contributed by atoms with van der Waals surface area (Å²) in [6, 6.07) is -0.803. The Morgan fingerprint density at radius 1 is 0.368 bits per heavy atom. The molecule has 5 heteroatoms. The zero-order valence-corrected chi connectivity index (χ0v) is 39.0. The van der Waals surface area contributed by atoms with Crippen molar-refractivity contribution in [3.8, 4) is 0 Å². The second-order valence-electron chi connectivity index (χ2n) is 18.4. The van der Waals surface area contributed by atoms with Crippen LogP contribution in [0.1, 0.15) is 303 Å². The van der Waals surface area contributed by atoms with E-state index in [1.165, 1.54) is 244 Å². The molecule has 0 radical (unpaired) electrons. The zero-order valence-electron chi connectivity index (χ0n) is 39.0. The molecule has 0 heterocycles. The molecule has 0 rings (SSSR count). The Hall–Kier alpha value is -0.650. The number of amides is 1. The van der Waals surface area contributed by atoms with Crippen molar-refractivity contribution in [2.24, 2.45) is 0 Å². The van der Waals surface area contributed by atoms with Crippen LogP contribution in [0.3, 0.4) is 0 Å². The van der Waals surface area contributed by atoms with Crippen LogP contribution in [0.15, 0.2) is 0 Å². The molecule has 57 heavy (non-hydrogen) atoms. The Morgan fingerprint density at radius 2 is 0.596 bits per heavy atom. The van der Waals surface area contributed by atoms with Crippen LogP contribution in [0.25, 0.3) is 0 Å². The van der Waals surface area contributed by atoms with Crippen LogP contribution in [0.5, 0.6) is 0 Å². The molecule has 0 aromatic rings. The minimum Gasteiger partial charge on any atom is -0.394 e. The highest BCUT2D eigenvalue weighted by Crippen LogP contribution is 2.18. The van der Waals surface area contributed by atoms with Crippen LogP contribution in [0, 0.1) is 0 Å². The number of aliphatic hydroxyl groups excluding tert-OH is 3. The molecule has 0 spiro atoms. The van der Waals surface area contributed by atoms with Gasteiger partial charge in [0.1, 0.15) is 6.10 Å². The van der Waals surface area contributed by atoms with Crippen LogP contribution in [-0.2, 0) is 4.79 Å². The van der Waals surface area contributed by atoms with Gasteiger partial charge in [0, 0.05) is 6.42 Å². The molecular formula is C52H105NO4. The Labute approximate surface area is 357 Å². The van der Waals surface area contributed by atoms with Gasteiger partial charge in [0.15, 0.2) is 0 Å². The van der Waals surface area contributed by atoms with Gasteiger partial charge in [0.2, 0.25) is 5.91 Å². The summed E-state index contributed by atoms with van der Waals surface area (Å²) in [6.07, 6.45) is 56.8. The van der Waals surface area contributed by atoms with E-state index in [1.54, 1.807) is 0 Å². The summed E-state index contributed by atoms with van der Waals surface area (Å²) < 4.78 is 0. The molecule has 0 saturated heterocycles. The van der Waals surface area contributed by atoms with E-state index < -0.39 is 18.2 Å². The Morgan fingerprint density at radius 3 is 0.842 bits per heavy atom. The van der Waals surface area contributed by atoms with E-state index in [0.29, 0.717) is 12.8 Å². The predicted octanol–water partition coefficient (Wildman–Crippen LogP) is 15.8. The molecule has 3 unspecified atom stereocenters. The normalized spacial score (nSPS) is 13.3. The molecule has 0 aliphatic heterocycles. The minimum absolute atomic E-state index is 0.137. The quantitative estimate of drug-likeness (QED) is 0.0461. The maximum Gasteiger partial charge on any atom is 0.220 e. The van der Waals surface area contributed by atoms with Crippen molar-refractivity contribution >= 4 is 5.91 Å². The van der Waals surface area contributed by atoms with Crippen molar-refractivity contribution in [1.29, 1.82) is 0 Å². The topological polar surface area (TPSA) is 89.8 Å². The highest BCUT2D eigenvalue weighted by Gasteiger charge is 2.26. The van der Waals surface area contributed by atoms with Gasteiger partial charge in [-0.3, -0.25) is 4.79 Å². The molecule has 342 valence electrons. The van der Waals surface area contributed by atoms with E-state index in [1.807, 2.05) is 0 Å². The molecule has 0 fully saturated rings. The largest absolute Gasteiger partial charge is 0.394 e. The first kappa shape index (κ1) is 56.4. The highest BCUT2D eigenvalue weighted by atomic mass is 16.3. The molecular weight excluding hydrogens is 703 g/mol. The van der Waals surface area contributed by atoms with Gasteiger partial charge in [-0.05, 0) is 12.8 Å². The van der Waals surface area contributed by atoms with E-state index in [-0.39, 0.29) is 12.5 Å². The van der Waals surface area contributed by atoms with E-state index in [9.17, 15) is 20.1 Å². The van der Waals surface area contributed by atoms with E-state index in [0.717, 1.165) is 32.1 Å². The number of carbonyl (C=O) groups is 1. The molecule has 0 bridgehead atoms. The Bertz CT molecular complexity index is 762. The standard InChI is InChI=1S/C52H105NO4/c1-3-5-7-9-11-13-15-17-19-20-21-22-23-24-25-26-27-28-29-30-31-32-33-35-37-39-41-43-45-47-51(56)53-49(48-54)52(57)50(55)46-44-42-40-38-36-34-18-16-14-12-10-8-6-4-2/h49-50,52,54-55,57H,3-48H2,1-2H3,(H,53,56). The lowest BCUT2D eigenvalue weighted by atomic mass is 9.99. The molecule has 0 aromatic carbocycles. The molecule has 3 atom stereocenters. The zero-order chi connectivity index (χ0) is 41.5. The summed E-state index contributed by atoms with van der Waals surface area (Å²) >= 11 is 0. The maximum atomic E-state index is 12.5. The average molecular weight is 808 g/mol. The van der Waals surface area contributed by atoms with Crippen molar-refractivity contribution in [1.82, 2.24) is 5.32 Å². The first-order valence-corrected chi connectivity index (χ1v) is 26.3. The molecule has 0 aliphatic carbocycles. The van der Waals surface area contributed by atoms with E-state index in [4.69, 9.17) is 0 Å². The Kier molecular flexibility index (Phi) is 47.5. The van der Waals surface area contributed by atoms with Crippen LogP contribution < -0.4 is 5.32 Å². The number of aliphatic hydroxyl groups is 3. The molecule has 1 amide bonds. The number of carbonyl (C=O) groups excluding carboxylic acids is 1. The first-order valence-electron chi connectivity index (χ1n) is 26.3. The van der Waals surface area contributed by atoms with Gasteiger partial charge >= 0.3 is 0 Å². The van der Waals surface area contributed by atoms with Crippen molar-refractivity contribution < 1.29 is 20.1 Å². The summed E-state index contributed by atoms with van der Waals surface area (Å²) in [4.78, 5) is 12.5. The lowest BCUT2D eigenvalue weighted by molar-refractivity contribution is -0.124. The summed E-state index contributed by atoms with van der Waals surface area (Å²) in [6.45, 7) is 4.21. The van der Waals surface area contributed by atoms with Crippen LogP contribution in [-0.4, -0.2) is 46.1 Å². The lowest BCUT2D eigenvalue weighted by Gasteiger charge is -2.26. The van der Waals surface area contributed by atoms with Crippen molar-refractivity contribution in [2.45, 2.75) is 321 Å². The van der Waals surface area contributed by atoms with Crippen LogP contribution in [0.4, 0.5) is 0 Å². The molecule has 4 N–H and O–H groups in total. The number of nitrogens with one attached hydrogen (secondary N) is 1. The summed E-state index contributed by atoms with van der Waals surface area (Å²) in [5.74, 6) is -0.137. The smallest absolute Gasteiger partial charge is 0.220 e. The van der Waals surface area contributed by atoms with Crippen molar-refractivity contribution in [2.75, 3.05) is 6.61 Å². The average Bonchev–Trinajstić information content (AvgIpc) is 3.22. The molecule has 5 nitrogen and oxygen atoms in total. The van der Waals surface area contributed by atoms with Gasteiger partial charge in [-0.15, -0.1) is 0 Å². The van der Waals surface area contributed by atoms with Gasteiger partial charge in [-0.25, -0.2) is 0 Å².